The lowest BCUT2D eigenvalue weighted by Gasteiger charge is -2.06. The fraction of sp³-hybridized carbons (Fsp3) is 0.556. The maximum Gasteiger partial charge on any atom is 0.251 e. The third-order valence-electron chi connectivity index (χ3n) is 1.92. The summed E-state index contributed by atoms with van der Waals surface area (Å²) >= 11 is 4.36. The molecule has 0 saturated heterocycles. The lowest BCUT2D eigenvalue weighted by Crippen LogP contribution is -2.24. The Balaban J connectivity index is 2.51. The van der Waals surface area contributed by atoms with Crippen molar-refractivity contribution < 1.29 is 13.5 Å². The highest BCUT2D eigenvalue weighted by atomic mass is 79.9. The van der Waals surface area contributed by atoms with Crippen LogP contribution in [0.15, 0.2) is 20.1 Å². The summed E-state index contributed by atoms with van der Waals surface area (Å²) in [5.74, 6) is 0. The van der Waals surface area contributed by atoms with Crippen LogP contribution < -0.4 is 4.72 Å². The summed E-state index contributed by atoms with van der Waals surface area (Å²) in [7, 11) is -3.41. The van der Waals surface area contributed by atoms with Gasteiger partial charge >= 0.3 is 0 Å². The summed E-state index contributed by atoms with van der Waals surface area (Å²) < 4.78 is 26.9. The number of hydrogen-bond donors (Lipinski definition) is 2. The summed E-state index contributed by atoms with van der Waals surface area (Å²) in [6, 6.07) is 1.70. The zero-order valence-corrected chi connectivity index (χ0v) is 12.0. The van der Waals surface area contributed by atoms with Crippen LogP contribution in [0.3, 0.4) is 0 Å². The van der Waals surface area contributed by atoms with Crippen molar-refractivity contribution in [2.75, 3.05) is 6.54 Å². The number of halogens is 1. The topological polar surface area (TPSA) is 66.4 Å². The molecule has 0 saturated carbocycles. The van der Waals surface area contributed by atoms with E-state index in [-0.39, 0.29) is 0 Å². The van der Waals surface area contributed by atoms with Crippen molar-refractivity contribution >= 4 is 37.3 Å². The number of rotatable bonds is 6. The van der Waals surface area contributed by atoms with Crippen LogP contribution in [0.5, 0.6) is 0 Å². The molecule has 0 aliphatic carbocycles. The first kappa shape index (κ1) is 14.1. The SMILES string of the molecule is CC(O)CCCNS(=O)(=O)c1sccc1Br. The summed E-state index contributed by atoms with van der Waals surface area (Å²) in [6.07, 6.45) is 0.826. The number of nitrogens with one attached hydrogen (secondary N) is 1. The number of aliphatic hydroxyl groups excluding tert-OH is 1. The minimum Gasteiger partial charge on any atom is -0.393 e. The molecule has 0 spiro atoms. The van der Waals surface area contributed by atoms with E-state index in [9.17, 15) is 8.42 Å². The van der Waals surface area contributed by atoms with Gasteiger partial charge in [-0.25, -0.2) is 13.1 Å². The molecule has 1 aromatic rings. The molecule has 0 aromatic carbocycles. The molecule has 0 radical (unpaired) electrons. The first-order valence-corrected chi connectivity index (χ1v) is 8.00. The highest BCUT2D eigenvalue weighted by molar-refractivity contribution is 9.10. The van der Waals surface area contributed by atoms with Crippen LogP contribution in [0.1, 0.15) is 19.8 Å². The van der Waals surface area contributed by atoms with Crippen molar-refractivity contribution in [2.45, 2.75) is 30.1 Å². The van der Waals surface area contributed by atoms with Crippen molar-refractivity contribution in [1.29, 1.82) is 0 Å². The van der Waals surface area contributed by atoms with E-state index in [1.165, 1.54) is 11.3 Å². The second-order valence-corrected chi connectivity index (χ2v) is 7.18. The Labute approximate surface area is 108 Å². The molecule has 0 aliphatic rings. The molecule has 0 fully saturated rings. The van der Waals surface area contributed by atoms with E-state index >= 15 is 0 Å². The molecule has 1 unspecified atom stereocenters. The number of aliphatic hydroxyl groups is 1. The van der Waals surface area contributed by atoms with Gasteiger partial charge in [-0.2, -0.15) is 0 Å². The third-order valence-corrected chi connectivity index (χ3v) is 6.05. The average Bonchev–Trinajstić information content (AvgIpc) is 2.59. The van der Waals surface area contributed by atoms with Crippen LogP contribution in [-0.4, -0.2) is 26.2 Å². The molecule has 2 N–H and O–H groups in total. The first-order valence-electron chi connectivity index (χ1n) is 4.84. The predicted molar refractivity (Wildman–Crippen MR) is 68.1 cm³/mol. The molecule has 0 amide bonds. The number of hydrogen-bond acceptors (Lipinski definition) is 4. The van der Waals surface area contributed by atoms with Crippen LogP contribution >= 0.6 is 27.3 Å². The Morgan fingerprint density at radius 2 is 2.31 bits per heavy atom. The molecule has 0 bridgehead atoms. The minimum atomic E-state index is -3.41. The van der Waals surface area contributed by atoms with E-state index in [0.29, 0.717) is 28.1 Å². The van der Waals surface area contributed by atoms with Crippen molar-refractivity contribution in [2.24, 2.45) is 0 Å². The van der Waals surface area contributed by atoms with Gasteiger partial charge in [0.05, 0.1) is 6.10 Å². The Bertz CT molecular complexity index is 428. The average molecular weight is 328 g/mol. The van der Waals surface area contributed by atoms with Gasteiger partial charge in [-0.1, -0.05) is 0 Å². The molecule has 0 aliphatic heterocycles. The zero-order valence-electron chi connectivity index (χ0n) is 8.81. The normalized spacial score (nSPS) is 13.9. The van der Waals surface area contributed by atoms with Crippen molar-refractivity contribution in [1.82, 2.24) is 4.72 Å². The Morgan fingerprint density at radius 1 is 1.62 bits per heavy atom. The van der Waals surface area contributed by atoms with Gasteiger partial charge in [-0.05, 0) is 47.1 Å². The predicted octanol–water partition coefficient (Wildman–Crippen LogP) is 1.95. The minimum absolute atomic E-state index is 0.296. The summed E-state index contributed by atoms with van der Waals surface area (Å²) in [5, 5.41) is 10.7. The van der Waals surface area contributed by atoms with Gasteiger partial charge in [-0.15, -0.1) is 11.3 Å². The fourth-order valence-corrected chi connectivity index (χ4v) is 4.60. The quantitative estimate of drug-likeness (QED) is 0.785. The smallest absolute Gasteiger partial charge is 0.251 e. The van der Waals surface area contributed by atoms with E-state index in [1.54, 1.807) is 18.4 Å². The van der Waals surface area contributed by atoms with Crippen molar-refractivity contribution in [3.8, 4) is 0 Å². The highest BCUT2D eigenvalue weighted by Gasteiger charge is 2.18. The first-order chi connectivity index (χ1) is 7.43. The maximum absolute atomic E-state index is 11.8. The number of thiophene rings is 1. The molecule has 4 nitrogen and oxygen atoms in total. The van der Waals surface area contributed by atoms with Crippen LogP contribution in [-0.2, 0) is 10.0 Å². The van der Waals surface area contributed by atoms with Gasteiger partial charge in [0.1, 0.15) is 4.21 Å². The standard InChI is InChI=1S/C9H14BrNO3S2/c1-7(12)3-2-5-11-16(13,14)9-8(10)4-6-15-9/h4,6-7,11-12H,2-3,5H2,1H3. The molecule has 1 heterocycles. The highest BCUT2D eigenvalue weighted by Crippen LogP contribution is 2.27. The molecular weight excluding hydrogens is 314 g/mol. The van der Waals surface area contributed by atoms with Crippen LogP contribution in [0.2, 0.25) is 0 Å². The third kappa shape index (κ3) is 4.14. The molecule has 1 atom stereocenters. The van der Waals surface area contributed by atoms with Gasteiger partial charge in [0.2, 0.25) is 0 Å². The van der Waals surface area contributed by atoms with Gasteiger partial charge in [0.15, 0.2) is 0 Å². The van der Waals surface area contributed by atoms with E-state index in [1.807, 2.05) is 0 Å². The van der Waals surface area contributed by atoms with E-state index in [2.05, 4.69) is 20.7 Å². The summed E-state index contributed by atoms with van der Waals surface area (Å²) in [4.78, 5) is 0. The largest absolute Gasteiger partial charge is 0.393 e. The Kier molecular flexibility index (Phi) is 5.39. The van der Waals surface area contributed by atoms with Gasteiger partial charge in [0, 0.05) is 11.0 Å². The van der Waals surface area contributed by atoms with Crippen LogP contribution in [0.4, 0.5) is 0 Å². The zero-order chi connectivity index (χ0) is 12.2. The molecule has 16 heavy (non-hydrogen) atoms. The molecule has 92 valence electrons. The Morgan fingerprint density at radius 3 is 2.81 bits per heavy atom. The van der Waals surface area contributed by atoms with E-state index < -0.39 is 16.1 Å². The van der Waals surface area contributed by atoms with Gasteiger partial charge in [0.25, 0.3) is 10.0 Å². The lowest BCUT2D eigenvalue weighted by atomic mass is 10.2. The Hall–Kier alpha value is 0.0500. The molecule has 1 rings (SSSR count). The summed E-state index contributed by atoms with van der Waals surface area (Å²) in [5.41, 5.74) is 0. The fourth-order valence-electron chi connectivity index (χ4n) is 1.14. The second kappa shape index (κ2) is 6.11. The van der Waals surface area contributed by atoms with Crippen LogP contribution in [0.25, 0.3) is 0 Å². The summed E-state index contributed by atoms with van der Waals surface area (Å²) in [6.45, 7) is 2.03. The maximum atomic E-state index is 11.8. The molecule has 1 aromatic heterocycles. The van der Waals surface area contributed by atoms with Crippen LogP contribution in [0, 0.1) is 0 Å². The van der Waals surface area contributed by atoms with Gasteiger partial charge < -0.3 is 5.11 Å². The molecular formula is C9H14BrNO3S2. The van der Waals surface area contributed by atoms with Gasteiger partial charge in [-0.3, -0.25) is 0 Å². The number of sulfonamides is 1. The van der Waals surface area contributed by atoms with E-state index in [0.717, 1.165) is 0 Å². The van der Waals surface area contributed by atoms with E-state index in [4.69, 9.17) is 5.11 Å². The lowest BCUT2D eigenvalue weighted by molar-refractivity contribution is 0.182. The monoisotopic (exact) mass is 327 g/mol. The molecule has 7 heteroatoms. The van der Waals surface area contributed by atoms with Crippen molar-refractivity contribution in [3.05, 3.63) is 15.9 Å². The van der Waals surface area contributed by atoms with Crippen molar-refractivity contribution in [3.63, 3.8) is 0 Å². The second-order valence-electron chi connectivity index (χ2n) is 3.45.